The van der Waals surface area contributed by atoms with Crippen molar-refractivity contribution in [1.29, 1.82) is 0 Å². The number of nitrogens with two attached hydrogens (primary N) is 1. The first kappa shape index (κ1) is 17.0. The molecule has 1 aliphatic heterocycles. The minimum atomic E-state index is -0.151. The molecule has 0 aliphatic carbocycles. The summed E-state index contributed by atoms with van der Waals surface area (Å²) in [6.45, 7) is 8.62. The van der Waals surface area contributed by atoms with Gasteiger partial charge in [0.05, 0.1) is 12.2 Å². The van der Waals surface area contributed by atoms with Crippen LogP contribution in [0.2, 0.25) is 0 Å². The van der Waals surface area contributed by atoms with E-state index in [4.69, 9.17) is 10.5 Å². The molecule has 0 atom stereocenters. The van der Waals surface area contributed by atoms with E-state index in [1.165, 1.54) is 50.6 Å². The summed E-state index contributed by atoms with van der Waals surface area (Å²) < 4.78 is 6.08. The number of hydrogen-bond donors (Lipinski definition) is 1. The van der Waals surface area contributed by atoms with Crippen LogP contribution in [0.5, 0.6) is 5.75 Å². The number of ether oxygens (including phenoxy) is 1. The molecule has 1 aliphatic rings. The van der Waals surface area contributed by atoms with Crippen LogP contribution >= 0.6 is 0 Å². The van der Waals surface area contributed by atoms with Gasteiger partial charge in [-0.3, -0.25) is 0 Å². The maximum atomic E-state index is 6.08. The van der Waals surface area contributed by atoms with E-state index in [-0.39, 0.29) is 5.60 Å². The van der Waals surface area contributed by atoms with E-state index in [1.54, 1.807) is 0 Å². The Morgan fingerprint density at radius 3 is 2.50 bits per heavy atom. The summed E-state index contributed by atoms with van der Waals surface area (Å²) in [6.07, 6.45) is 9.42. The number of unbranched alkanes of at least 4 members (excludes halogenated alkanes) is 6. The van der Waals surface area contributed by atoms with Gasteiger partial charge in [0.15, 0.2) is 0 Å². The molecule has 0 radical (unpaired) electrons. The minimum absolute atomic E-state index is 0.151. The van der Waals surface area contributed by atoms with Gasteiger partial charge >= 0.3 is 0 Å². The van der Waals surface area contributed by atoms with Crippen LogP contribution in [-0.2, 0) is 0 Å². The number of nitrogen functional groups attached to an aromatic ring is 1. The lowest BCUT2D eigenvalue weighted by Gasteiger charge is -2.41. The predicted molar refractivity (Wildman–Crippen MR) is 95.8 cm³/mol. The summed E-state index contributed by atoms with van der Waals surface area (Å²) in [5.74, 6) is 0.930. The van der Waals surface area contributed by atoms with Gasteiger partial charge in [0, 0.05) is 18.3 Å². The lowest BCUT2D eigenvalue weighted by molar-refractivity contribution is 0.105. The second-order valence-electron chi connectivity index (χ2n) is 7.13. The van der Waals surface area contributed by atoms with Crippen LogP contribution in [0.1, 0.15) is 65.7 Å². The summed E-state index contributed by atoms with van der Waals surface area (Å²) >= 11 is 0. The second kappa shape index (κ2) is 7.75. The average molecular weight is 304 g/mol. The Kier molecular flexibility index (Phi) is 5.98. The highest BCUT2D eigenvalue weighted by Crippen LogP contribution is 2.38. The zero-order valence-electron chi connectivity index (χ0n) is 14.5. The molecule has 1 aromatic rings. The van der Waals surface area contributed by atoms with Gasteiger partial charge in [-0.05, 0) is 32.4 Å². The van der Waals surface area contributed by atoms with Crippen molar-refractivity contribution in [1.82, 2.24) is 0 Å². The number of benzene rings is 1. The fourth-order valence-electron chi connectivity index (χ4n) is 3.21. The highest BCUT2D eigenvalue weighted by atomic mass is 16.5. The molecule has 0 saturated carbocycles. The van der Waals surface area contributed by atoms with E-state index in [1.807, 2.05) is 12.1 Å². The van der Waals surface area contributed by atoms with E-state index < -0.39 is 0 Å². The third-order valence-corrected chi connectivity index (χ3v) is 4.31. The van der Waals surface area contributed by atoms with Crippen molar-refractivity contribution in [3.8, 4) is 5.75 Å². The van der Waals surface area contributed by atoms with Crippen molar-refractivity contribution in [3.63, 3.8) is 0 Å². The Morgan fingerprint density at radius 1 is 1.09 bits per heavy atom. The molecule has 0 spiro atoms. The molecule has 0 aromatic heterocycles. The van der Waals surface area contributed by atoms with Crippen molar-refractivity contribution in [2.45, 2.75) is 71.3 Å². The van der Waals surface area contributed by atoms with Crippen molar-refractivity contribution in [2.75, 3.05) is 23.7 Å². The van der Waals surface area contributed by atoms with Crippen molar-refractivity contribution in [3.05, 3.63) is 18.2 Å². The first-order valence-corrected chi connectivity index (χ1v) is 8.85. The smallest absolute Gasteiger partial charge is 0.145 e. The SMILES string of the molecule is CCCCCCCCCN1CC(C)(C)Oc2cc(N)ccc21. The van der Waals surface area contributed by atoms with Crippen molar-refractivity contribution >= 4 is 11.4 Å². The molecular weight excluding hydrogens is 272 g/mol. The van der Waals surface area contributed by atoms with E-state index in [0.717, 1.165) is 24.5 Å². The molecule has 1 aromatic carbocycles. The Hall–Kier alpha value is -1.38. The summed E-state index contributed by atoms with van der Waals surface area (Å²) in [7, 11) is 0. The Balaban J connectivity index is 1.86. The van der Waals surface area contributed by atoms with Crippen LogP contribution in [-0.4, -0.2) is 18.7 Å². The second-order valence-corrected chi connectivity index (χ2v) is 7.13. The molecule has 3 heteroatoms. The highest BCUT2D eigenvalue weighted by molar-refractivity contribution is 5.65. The van der Waals surface area contributed by atoms with Gasteiger partial charge < -0.3 is 15.4 Å². The van der Waals surface area contributed by atoms with Crippen LogP contribution in [0.25, 0.3) is 0 Å². The molecule has 0 saturated heterocycles. The molecule has 0 amide bonds. The standard InChI is InChI=1S/C19H32N2O/c1-4-5-6-7-8-9-10-13-21-15-19(2,3)22-18-14-16(20)11-12-17(18)21/h11-12,14H,4-10,13,15,20H2,1-3H3. The molecule has 0 unspecified atom stereocenters. The normalized spacial score (nSPS) is 16.2. The molecule has 2 rings (SSSR count). The highest BCUT2D eigenvalue weighted by Gasteiger charge is 2.31. The molecule has 124 valence electrons. The zero-order chi connectivity index (χ0) is 16.0. The monoisotopic (exact) mass is 304 g/mol. The van der Waals surface area contributed by atoms with Crippen LogP contribution in [0.3, 0.4) is 0 Å². The lowest BCUT2D eigenvalue weighted by Crippen LogP contribution is -2.47. The van der Waals surface area contributed by atoms with E-state index in [2.05, 4.69) is 31.7 Å². The Morgan fingerprint density at radius 2 is 1.77 bits per heavy atom. The molecule has 3 nitrogen and oxygen atoms in total. The van der Waals surface area contributed by atoms with Gasteiger partial charge in [0.1, 0.15) is 11.4 Å². The minimum Gasteiger partial charge on any atom is -0.484 e. The topological polar surface area (TPSA) is 38.5 Å². The van der Waals surface area contributed by atoms with Crippen molar-refractivity contribution in [2.24, 2.45) is 0 Å². The molecule has 1 heterocycles. The number of nitrogens with zero attached hydrogens (tertiary/aromatic N) is 1. The number of hydrogen-bond acceptors (Lipinski definition) is 3. The molecule has 0 bridgehead atoms. The van der Waals surface area contributed by atoms with Gasteiger partial charge in [-0.2, -0.15) is 0 Å². The van der Waals surface area contributed by atoms with Crippen LogP contribution in [0.15, 0.2) is 18.2 Å². The van der Waals surface area contributed by atoms with Gasteiger partial charge in [-0.25, -0.2) is 0 Å². The summed E-state index contributed by atoms with van der Waals surface area (Å²) in [5.41, 5.74) is 7.71. The first-order chi connectivity index (χ1) is 10.5. The van der Waals surface area contributed by atoms with E-state index in [0.29, 0.717) is 0 Å². The maximum Gasteiger partial charge on any atom is 0.145 e. The fourth-order valence-corrected chi connectivity index (χ4v) is 3.21. The largest absolute Gasteiger partial charge is 0.484 e. The van der Waals surface area contributed by atoms with Crippen LogP contribution in [0.4, 0.5) is 11.4 Å². The van der Waals surface area contributed by atoms with E-state index in [9.17, 15) is 0 Å². The third-order valence-electron chi connectivity index (χ3n) is 4.31. The fraction of sp³-hybridized carbons (Fsp3) is 0.684. The van der Waals surface area contributed by atoms with Crippen molar-refractivity contribution < 1.29 is 4.74 Å². The van der Waals surface area contributed by atoms with Gasteiger partial charge in [-0.1, -0.05) is 45.4 Å². The van der Waals surface area contributed by atoms with Crippen LogP contribution in [0, 0.1) is 0 Å². The average Bonchev–Trinajstić information content (AvgIpc) is 2.44. The quantitative estimate of drug-likeness (QED) is 0.543. The summed E-state index contributed by atoms with van der Waals surface area (Å²) in [6, 6.07) is 6.02. The Bertz CT molecular complexity index is 471. The molecule has 2 N–H and O–H groups in total. The molecule has 22 heavy (non-hydrogen) atoms. The molecular formula is C19H32N2O. The first-order valence-electron chi connectivity index (χ1n) is 8.85. The summed E-state index contributed by atoms with van der Waals surface area (Å²) in [4.78, 5) is 2.46. The lowest BCUT2D eigenvalue weighted by atomic mass is 10.0. The van der Waals surface area contributed by atoms with Gasteiger partial charge in [0.2, 0.25) is 0 Å². The number of anilines is 2. The van der Waals surface area contributed by atoms with E-state index >= 15 is 0 Å². The predicted octanol–water partition coefficient (Wildman–Crippen LogP) is 5.00. The van der Waals surface area contributed by atoms with Gasteiger partial charge in [0.25, 0.3) is 0 Å². The zero-order valence-corrected chi connectivity index (χ0v) is 14.5. The number of fused-ring (bicyclic) bond motifs is 1. The Labute approximate surface area is 135 Å². The third kappa shape index (κ3) is 4.82. The number of rotatable bonds is 8. The molecule has 0 fully saturated rings. The summed E-state index contributed by atoms with van der Waals surface area (Å²) in [5, 5.41) is 0. The van der Waals surface area contributed by atoms with Gasteiger partial charge in [-0.15, -0.1) is 0 Å². The van der Waals surface area contributed by atoms with Crippen LogP contribution < -0.4 is 15.4 Å². The maximum absolute atomic E-state index is 6.08.